The summed E-state index contributed by atoms with van der Waals surface area (Å²) in [5.41, 5.74) is 0.876. The molecule has 0 fully saturated rings. The third-order valence-electron chi connectivity index (χ3n) is 4.07. The first-order valence-corrected chi connectivity index (χ1v) is 10.8. The predicted octanol–water partition coefficient (Wildman–Crippen LogP) is 4.49. The normalized spacial score (nSPS) is 10.9. The van der Waals surface area contributed by atoms with Gasteiger partial charge in [0.15, 0.2) is 0 Å². The Labute approximate surface area is 183 Å². The number of benzene rings is 3. The van der Waals surface area contributed by atoms with E-state index in [1.54, 1.807) is 12.1 Å². The lowest BCUT2D eigenvalue weighted by Crippen LogP contribution is -2.18. The van der Waals surface area contributed by atoms with Crippen LogP contribution >= 0.6 is 11.6 Å². The highest BCUT2D eigenvalue weighted by Crippen LogP contribution is 2.29. The van der Waals surface area contributed by atoms with Crippen LogP contribution < -0.4 is 15.4 Å². The van der Waals surface area contributed by atoms with Crippen LogP contribution in [0.1, 0.15) is 17.3 Å². The van der Waals surface area contributed by atoms with E-state index in [0.29, 0.717) is 5.69 Å². The topological polar surface area (TPSA) is 104 Å². The first-order valence-electron chi connectivity index (χ1n) is 8.91. The lowest BCUT2D eigenvalue weighted by molar-refractivity contribution is -0.114. The Kier molecular flexibility index (Phi) is 6.57. The van der Waals surface area contributed by atoms with Crippen LogP contribution in [-0.2, 0) is 14.8 Å². The summed E-state index contributed by atoms with van der Waals surface area (Å²) < 4.78 is 41.4. The molecule has 10 heteroatoms. The molecule has 3 aromatic carbocycles. The van der Waals surface area contributed by atoms with Crippen LogP contribution in [0.25, 0.3) is 0 Å². The van der Waals surface area contributed by atoms with E-state index < -0.39 is 26.6 Å². The summed E-state index contributed by atoms with van der Waals surface area (Å²) in [6.07, 6.45) is 0. The maximum Gasteiger partial charge on any atom is 0.264 e. The molecule has 3 aromatic rings. The number of carbonyl (C=O) groups is 2. The Morgan fingerprint density at radius 3 is 2.23 bits per heavy atom. The first kappa shape index (κ1) is 22.3. The van der Waals surface area contributed by atoms with E-state index >= 15 is 0 Å². The van der Waals surface area contributed by atoms with Gasteiger partial charge in [-0.15, -0.1) is 0 Å². The summed E-state index contributed by atoms with van der Waals surface area (Å²) in [6, 6.07) is 15.2. The molecule has 2 amide bonds. The van der Waals surface area contributed by atoms with Crippen LogP contribution in [0.3, 0.4) is 0 Å². The number of anilines is 3. The zero-order chi connectivity index (χ0) is 22.6. The molecule has 0 aliphatic carbocycles. The fourth-order valence-corrected chi connectivity index (χ4v) is 4.01. The number of rotatable bonds is 6. The van der Waals surface area contributed by atoms with Crippen molar-refractivity contribution in [2.75, 3.05) is 15.4 Å². The second-order valence-electron chi connectivity index (χ2n) is 6.44. The Balaban J connectivity index is 1.86. The quantitative estimate of drug-likeness (QED) is 0.503. The Morgan fingerprint density at radius 1 is 0.903 bits per heavy atom. The van der Waals surface area contributed by atoms with Crippen LogP contribution in [0.15, 0.2) is 71.6 Å². The lowest BCUT2D eigenvalue weighted by atomic mass is 10.2. The van der Waals surface area contributed by atoms with Gasteiger partial charge in [0.1, 0.15) is 10.7 Å². The summed E-state index contributed by atoms with van der Waals surface area (Å²) >= 11 is 6.00. The van der Waals surface area contributed by atoms with Crippen molar-refractivity contribution < 1.29 is 22.4 Å². The van der Waals surface area contributed by atoms with E-state index in [9.17, 15) is 22.4 Å². The molecule has 0 saturated carbocycles. The molecule has 31 heavy (non-hydrogen) atoms. The molecule has 0 spiro atoms. The maximum atomic E-state index is 14.0. The molecule has 0 heterocycles. The van der Waals surface area contributed by atoms with Crippen molar-refractivity contribution in [2.45, 2.75) is 11.8 Å². The average Bonchev–Trinajstić information content (AvgIpc) is 2.70. The molecule has 0 bridgehead atoms. The molecule has 160 valence electrons. The number of nitrogens with one attached hydrogen (secondary N) is 3. The van der Waals surface area contributed by atoms with E-state index in [1.165, 1.54) is 49.4 Å². The van der Waals surface area contributed by atoms with Gasteiger partial charge >= 0.3 is 0 Å². The molecule has 0 aliphatic rings. The van der Waals surface area contributed by atoms with E-state index in [2.05, 4.69) is 15.4 Å². The van der Waals surface area contributed by atoms with Crippen LogP contribution in [-0.4, -0.2) is 20.2 Å². The third kappa shape index (κ3) is 5.59. The molecule has 0 aromatic heterocycles. The van der Waals surface area contributed by atoms with Crippen LogP contribution in [0.5, 0.6) is 0 Å². The lowest BCUT2D eigenvalue weighted by Gasteiger charge is -2.14. The molecule has 3 N–H and O–H groups in total. The summed E-state index contributed by atoms with van der Waals surface area (Å²) in [6.45, 7) is 1.36. The van der Waals surface area contributed by atoms with E-state index in [-0.39, 0.29) is 27.9 Å². The van der Waals surface area contributed by atoms with Gasteiger partial charge in [-0.3, -0.25) is 14.3 Å². The van der Waals surface area contributed by atoms with Gasteiger partial charge < -0.3 is 10.6 Å². The van der Waals surface area contributed by atoms with Crippen LogP contribution in [0.4, 0.5) is 21.5 Å². The fourth-order valence-electron chi connectivity index (χ4n) is 2.67. The molecular weight excluding hydrogens is 445 g/mol. The average molecular weight is 462 g/mol. The van der Waals surface area contributed by atoms with E-state index in [1.807, 2.05) is 0 Å². The molecule has 3 rings (SSSR count). The van der Waals surface area contributed by atoms with Crippen molar-refractivity contribution >= 4 is 50.5 Å². The Morgan fingerprint density at radius 2 is 1.58 bits per heavy atom. The third-order valence-corrected chi connectivity index (χ3v) is 5.70. The molecular formula is C21H17ClFN3O4S. The molecule has 0 atom stereocenters. The number of amides is 2. The smallest absolute Gasteiger partial charge is 0.264 e. The molecule has 0 radical (unpaired) electrons. The fraction of sp³-hybridized carbons (Fsp3) is 0.0476. The van der Waals surface area contributed by atoms with Gasteiger partial charge in [-0.25, -0.2) is 12.8 Å². The molecule has 0 saturated heterocycles. The highest BCUT2D eigenvalue weighted by Gasteiger charge is 2.21. The Bertz CT molecular complexity index is 1250. The minimum atomic E-state index is -4.26. The summed E-state index contributed by atoms with van der Waals surface area (Å²) in [5, 5.41) is 5.43. The Hall–Kier alpha value is -3.43. The number of sulfonamides is 1. The molecule has 7 nitrogen and oxygen atoms in total. The van der Waals surface area contributed by atoms with Gasteiger partial charge in [-0.2, -0.15) is 0 Å². The van der Waals surface area contributed by atoms with Crippen molar-refractivity contribution in [3.8, 4) is 0 Å². The highest BCUT2D eigenvalue weighted by molar-refractivity contribution is 7.92. The summed E-state index contributed by atoms with van der Waals surface area (Å²) in [4.78, 5) is 23.2. The van der Waals surface area contributed by atoms with Crippen molar-refractivity contribution in [3.63, 3.8) is 0 Å². The monoisotopic (exact) mass is 461 g/mol. The minimum absolute atomic E-state index is 0.0101. The van der Waals surface area contributed by atoms with Crippen molar-refractivity contribution in [2.24, 2.45) is 0 Å². The summed E-state index contributed by atoms with van der Waals surface area (Å²) in [5.74, 6) is -1.69. The van der Waals surface area contributed by atoms with Gasteiger partial charge in [-0.05, 0) is 54.6 Å². The van der Waals surface area contributed by atoms with Gasteiger partial charge in [0.25, 0.3) is 15.9 Å². The summed E-state index contributed by atoms with van der Waals surface area (Å²) in [7, 11) is -4.26. The van der Waals surface area contributed by atoms with Gasteiger partial charge in [0, 0.05) is 23.2 Å². The molecule has 0 aliphatic heterocycles. The molecule has 0 unspecified atom stereocenters. The van der Waals surface area contributed by atoms with Crippen molar-refractivity contribution in [1.29, 1.82) is 0 Å². The van der Waals surface area contributed by atoms with Crippen molar-refractivity contribution in [3.05, 3.63) is 83.1 Å². The van der Waals surface area contributed by atoms with E-state index in [0.717, 1.165) is 12.1 Å². The van der Waals surface area contributed by atoms with Gasteiger partial charge in [0.05, 0.1) is 11.4 Å². The van der Waals surface area contributed by atoms with Crippen molar-refractivity contribution in [1.82, 2.24) is 0 Å². The first-order chi connectivity index (χ1) is 14.7. The number of hydrogen-bond acceptors (Lipinski definition) is 4. The number of hydrogen-bond donors (Lipinski definition) is 3. The zero-order valence-corrected chi connectivity index (χ0v) is 17.7. The standard InChI is InChI=1S/C21H17ClFN3O4S/c1-13(27)24-16-9-6-14(7-10-16)21(28)25-19-12-15(22)8-11-18(19)26-31(29,30)20-5-3-2-4-17(20)23/h2-12,26H,1H3,(H,24,27)(H,25,28). The zero-order valence-electron chi connectivity index (χ0n) is 16.1. The van der Waals surface area contributed by atoms with Crippen LogP contribution in [0.2, 0.25) is 5.02 Å². The van der Waals surface area contributed by atoms with Gasteiger partial charge in [0.2, 0.25) is 5.91 Å². The predicted molar refractivity (Wildman–Crippen MR) is 117 cm³/mol. The minimum Gasteiger partial charge on any atom is -0.326 e. The maximum absolute atomic E-state index is 14.0. The second-order valence-corrected chi connectivity index (χ2v) is 8.53. The van der Waals surface area contributed by atoms with E-state index in [4.69, 9.17) is 11.6 Å². The van der Waals surface area contributed by atoms with Crippen LogP contribution in [0, 0.1) is 5.82 Å². The number of halogens is 2. The number of carbonyl (C=O) groups excluding carboxylic acids is 2. The second kappa shape index (κ2) is 9.15. The largest absolute Gasteiger partial charge is 0.326 e. The van der Waals surface area contributed by atoms with Gasteiger partial charge in [-0.1, -0.05) is 23.7 Å². The SMILES string of the molecule is CC(=O)Nc1ccc(C(=O)Nc2cc(Cl)ccc2NS(=O)(=O)c2ccccc2F)cc1. The highest BCUT2D eigenvalue weighted by atomic mass is 35.5.